The Bertz CT molecular complexity index is 1600. The fourth-order valence-corrected chi connectivity index (χ4v) is 6.01. The molecule has 5 rings (SSSR count). The zero-order valence-electron chi connectivity index (χ0n) is 23.2. The lowest BCUT2D eigenvalue weighted by molar-refractivity contribution is -0.117. The second kappa shape index (κ2) is 11.2. The highest BCUT2D eigenvalue weighted by Crippen LogP contribution is 2.46. The molecule has 3 heterocycles. The third-order valence-electron chi connectivity index (χ3n) is 6.76. The molecule has 2 aromatic carbocycles. The number of Topliss-reactive ketones (excluding diaryl/α,β-unsaturated/α-hetero) is 1. The van der Waals surface area contributed by atoms with Gasteiger partial charge in [0, 0.05) is 0 Å². The Morgan fingerprint density at radius 2 is 1.95 bits per heavy atom. The van der Waals surface area contributed by atoms with E-state index in [1.807, 2.05) is 32.9 Å². The fourth-order valence-electron chi connectivity index (χ4n) is 4.84. The number of carbonyl (C=O) groups excluding carboxylic acids is 2. The first-order chi connectivity index (χ1) is 19.2. The number of ketones is 1. The van der Waals surface area contributed by atoms with Crippen molar-refractivity contribution in [3.05, 3.63) is 82.5 Å². The number of rotatable bonds is 10. The topological polar surface area (TPSA) is 102 Å². The highest BCUT2D eigenvalue weighted by molar-refractivity contribution is 7.22. The maximum atomic E-state index is 13.6. The fraction of sp³-hybridized carbons (Fsp3) is 0.323. The molecular formula is C31H32N2O6S. The maximum absolute atomic E-state index is 13.6. The third kappa shape index (κ3) is 5.09. The minimum Gasteiger partial charge on any atom is -0.503 e. The average molecular weight is 561 g/mol. The average Bonchev–Trinajstić information content (AvgIpc) is 3.64. The molecule has 8 nitrogen and oxygen atoms in total. The molecule has 0 fully saturated rings. The molecule has 0 aliphatic carbocycles. The summed E-state index contributed by atoms with van der Waals surface area (Å²) >= 11 is 1.34. The van der Waals surface area contributed by atoms with Crippen LogP contribution >= 0.6 is 11.3 Å². The Kier molecular flexibility index (Phi) is 7.67. The highest BCUT2D eigenvalue weighted by Gasteiger charge is 2.46. The zero-order chi connectivity index (χ0) is 28.6. The van der Waals surface area contributed by atoms with Crippen LogP contribution in [0.3, 0.4) is 0 Å². The van der Waals surface area contributed by atoms with Crippen molar-refractivity contribution in [3.8, 4) is 11.5 Å². The maximum Gasteiger partial charge on any atom is 0.296 e. The zero-order valence-corrected chi connectivity index (χ0v) is 24.0. The number of hydrogen-bond acceptors (Lipinski definition) is 8. The van der Waals surface area contributed by atoms with Gasteiger partial charge in [-0.05, 0) is 80.1 Å². The predicted molar refractivity (Wildman–Crippen MR) is 155 cm³/mol. The van der Waals surface area contributed by atoms with Gasteiger partial charge in [0.15, 0.2) is 28.1 Å². The molecule has 0 saturated heterocycles. The number of fused-ring (bicyclic) bond motifs is 1. The van der Waals surface area contributed by atoms with Gasteiger partial charge in [0.2, 0.25) is 5.78 Å². The molecule has 40 heavy (non-hydrogen) atoms. The molecule has 1 unspecified atom stereocenters. The molecule has 4 aromatic rings. The molecule has 2 aromatic heterocycles. The normalized spacial score (nSPS) is 15.5. The second-order valence-corrected chi connectivity index (χ2v) is 11.3. The first-order valence-electron chi connectivity index (χ1n) is 13.3. The molecule has 1 amide bonds. The molecular weight excluding hydrogens is 528 g/mol. The molecule has 0 bridgehead atoms. The van der Waals surface area contributed by atoms with Gasteiger partial charge in [-0.2, -0.15) is 0 Å². The summed E-state index contributed by atoms with van der Waals surface area (Å²) in [6.07, 6.45) is 2.26. The second-order valence-electron chi connectivity index (χ2n) is 10.2. The molecule has 0 radical (unpaired) electrons. The SMILES string of the molecule is CCOc1cc(C2C(C(=O)c3ccco3)=C(O)C(=O)N2c2nc3c(C)cc(C)cc3s2)ccc1OCCC(C)C. The number of ether oxygens (including phenoxy) is 2. The van der Waals surface area contributed by atoms with Crippen LogP contribution < -0.4 is 14.4 Å². The van der Waals surface area contributed by atoms with Crippen molar-refractivity contribution >= 4 is 38.4 Å². The van der Waals surface area contributed by atoms with E-state index in [1.54, 1.807) is 24.3 Å². The van der Waals surface area contributed by atoms with Gasteiger partial charge in [-0.3, -0.25) is 14.5 Å². The van der Waals surface area contributed by atoms with Gasteiger partial charge in [0.25, 0.3) is 5.91 Å². The van der Waals surface area contributed by atoms with Gasteiger partial charge >= 0.3 is 0 Å². The van der Waals surface area contributed by atoms with Crippen LogP contribution in [-0.4, -0.2) is 35.0 Å². The molecule has 0 spiro atoms. The summed E-state index contributed by atoms with van der Waals surface area (Å²) in [5, 5.41) is 11.5. The van der Waals surface area contributed by atoms with Gasteiger partial charge < -0.3 is 19.0 Å². The smallest absolute Gasteiger partial charge is 0.296 e. The first kappa shape index (κ1) is 27.5. The van der Waals surface area contributed by atoms with Crippen LogP contribution in [0.4, 0.5) is 5.13 Å². The van der Waals surface area contributed by atoms with Crippen LogP contribution in [0.5, 0.6) is 11.5 Å². The van der Waals surface area contributed by atoms with E-state index < -0.39 is 23.5 Å². The van der Waals surface area contributed by atoms with Crippen molar-refractivity contribution in [2.24, 2.45) is 5.92 Å². The Morgan fingerprint density at radius 3 is 2.65 bits per heavy atom. The number of amides is 1. The molecule has 1 aliphatic heterocycles. The summed E-state index contributed by atoms with van der Waals surface area (Å²) in [4.78, 5) is 33.4. The summed E-state index contributed by atoms with van der Waals surface area (Å²) in [6, 6.07) is 11.5. The van der Waals surface area contributed by atoms with Crippen molar-refractivity contribution in [2.75, 3.05) is 18.1 Å². The Hall–Kier alpha value is -4.11. The molecule has 208 valence electrons. The third-order valence-corrected chi connectivity index (χ3v) is 7.76. The van der Waals surface area contributed by atoms with E-state index >= 15 is 0 Å². The summed E-state index contributed by atoms with van der Waals surface area (Å²) in [7, 11) is 0. The number of aromatic nitrogens is 1. The quantitative estimate of drug-likeness (QED) is 0.206. The number of furan rings is 1. The monoisotopic (exact) mass is 560 g/mol. The van der Waals surface area contributed by atoms with E-state index in [9.17, 15) is 14.7 Å². The van der Waals surface area contributed by atoms with E-state index in [4.69, 9.17) is 18.9 Å². The van der Waals surface area contributed by atoms with Crippen molar-refractivity contribution < 1.29 is 28.6 Å². The van der Waals surface area contributed by atoms with E-state index in [-0.39, 0.29) is 11.3 Å². The first-order valence-corrected chi connectivity index (χ1v) is 14.1. The summed E-state index contributed by atoms with van der Waals surface area (Å²) in [6.45, 7) is 11.0. The molecule has 1 atom stereocenters. The number of aryl methyl sites for hydroxylation is 2. The molecule has 9 heteroatoms. The minimum absolute atomic E-state index is 0.0237. The standard InChI is InChI=1S/C31H32N2O6S/c1-6-37-23-16-20(9-10-21(23)39-13-11-17(2)3)27-25(28(34)22-8-7-12-38-22)29(35)30(36)33(27)31-32-26-19(5)14-18(4)15-24(26)40-31/h7-10,12,14-17,27,35H,6,11,13H2,1-5H3. The number of benzene rings is 2. The minimum atomic E-state index is -0.962. The number of carbonyl (C=O) groups is 2. The Morgan fingerprint density at radius 1 is 1.15 bits per heavy atom. The molecule has 1 N–H and O–H groups in total. The lowest BCUT2D eigenvalue weighted by atomic mass is 9.95. The largest absolute Gasteiger partial charge is 0.503 e. The number of aliphatic hydroxyl groups excluding tert-OH is 1. The van der Waals surface area contributed by atoms with E-state index in [2.05, 4.69) is 13.8 Å². The number of aliphatic hydroxyl groups is 1. The van der Waals surface area contributed by atoms with Crippen LogP contribution in [0.2, 0.25) is 0 Å². The Balaban J connectivity index is 1.64. The molecule has 0 saturated carbocycles. The van der Waals surface area contributed by atoms with Crippen molar-refractivity contribution in [3.63, 3.8) is 0 Å². The lowest BCUT2D eigenvalue weighted by Gasteiger charge is -2.25. The number of hydrogen-bond donors (Lipinski definition) is 1. The van der Waals surface area contributed by atoms with Crippen LogP contribution in [0.25, 0.3) is 10.2 Å². The van der Waals surface area contributed by atoms with E-state index in [0.29, 0.717) is 41.3 Å². The van der Waals surface area contributed by atoms with Gasteiger partial charge in [0.1, 0.15) is 0 Å². The highest BCUT2D eigenvalue weighted by atomic mass is 32.1. The van der Waals surface area contributed by atoms with Gasteiger partial charge in [-0.25, -0.2) is 4.98 Å². The molecule has 1 aliphatic rings. The van der Waals surface area contributed by atoms with E-state index in [0.717, 1.165) is 27.8 Å². The van der Waals surface area contributed by atoms with Gasteiger partial charge in [-0.15, -0.1) is 0 Å². The van der Waals surface area contributed by atoms with Crippen molar-refractivity contribution in [2.45, 2.75) is 47.1 Å². The summed E-state index contributed by atoms with van der Waals surface area (Å²) in [5.41, 5.74) is 3.31. The number of anilines is 1. The van der Waals surface area contributed by atoms with Crippen LogP contribution in [0.15, 0.2) is 64.5 Å². The van der Waals surface area contributed by atoms with Gasteiger partial charge in [-0.1, -0.05) is 37.3 Å². The van der Waals surface area contributed by atoms with Crippen LogP contribution in [0.1, 0.15) is 60.5 Å². The van der Waals surface area contributed by atoms with Crippen LogP contribution in [-0.2, 0) is 4.79 Å². The number of nitrogens with zero attached hydrogens (tertiary/aromatic N) is 2. The van der Waals surface area contributed by atoms with Crippen molar-refractivity contribution in [1.29, 1.82) is 0 Å². The van der Waals surface area contributed by atoms with E-state index in [1.165, 1.54) is 28.6 Å². The Labute approximate surface area is 236 Å². The lowest BCUT2D eigenvalue weighted by Crippen LogP contribution is -2.31. The van der Waals surface area contributed by atoms with Crippen molar-refractivity contribution in [1.82, 2.24) is 4.98 Å². The van der Waals surface area contributed by atoms with Gasteiger partial charge in [0.05, 0.1) is 41.3 Å². The summed E-state index contributed by atoms with van der Waals surface area (Å²) < 4.78 is 18.2. The predicted octanol–water partition coefficient (Wildman–Crippen LogP) is 7.11. The number of thiazole rings is 1. The summed E-state index contributed by atoms with van der Waals surface area (Å²) in [5.74, 6) is -0.347. The van der Waals surface area contributed by atoms with Crippen LogP contribution in [0, 0.1) is 19.8 Å².